The number of imide groups is 1. The summed E-state index contributed by atoms with van der Waals surface area (Å²) in [5, 5.41) is 5.50. The lowest BCUT2D eigenvalue weighted by molar-refractivity contribution is -0.123. The second-order valence-electron chi connectivity index (χ2n) is 8.29. The Hall–Kier alpha value is -3.32. The van der Waals surface area contributed by atoms with Crippen LogP contribution in [0.4, 0.5) is 4.79 Å². The molecule has 0 radical (unpaired) electrons. The van der Waals surface area contributed by atoms with Crippen molar-refractivity contribution in [1.82, 2.24) is 10.2 Å². The van der Waals surface area contributed by atoms with E-state index in [0.717, 1.165) is 31.3 Å². The standard InChI is InChI=1S/C28H19BrCl2N2O3/c29-22-9-6-17(7-10-22)15-33-27(34)25(32-28(33)35)14-19-12-23(30)26(24(31)13-19)36-16-18-5-8-20-3-1-2-4-21(20)11-18/h1-14H,15-16H2,(H,32,35)/b25-14+. The van der Waals surface area contributed by atoms with Gasteiger partial charge in [-0.25, -0.2) is 4.79 Å². The lowest BCUT2D eigenvalue weighted by Gasteiger charge is -2.12. The molecule has 0 unspecified atom stereocenters. The van der Waals surface area contributed by atoms with E-state index in [1.165, 1.54) is 0 Å². The van der Waals surface area contributed by atoms with Crippen LogP contribution in [0.1, 0.15) is 16.7 Å². The minimum atomic E-state index is -0.485. The zero-order chi connectivity index (χ0) is 25.2. The molecule has 180 valence electrons. The summed E-state index contributed by atoms with van der Waals surface area (Å²) in [6, 6.07) is 24.4. The first-order valence-corrected chi connectivity index (χ1v) is 12.6. The molecule has 0 bridgehead atoms. The van der Waals surface area contributed by atoms with Crippen LogP contribution in [0, 0.1) is 0 Å². The first-order chi connectivity index (χ1) is 17.4. The third-order valence-corrected chi connectivity index (χ3v) is 6.84. The second-order valence-corrected chi connectivity index (χ2v) is 10.0. The van der Waals surface area contributed by atoms with Gasteiger partial charge in [0.25, 0.3) is 5.91 Å². The predicted molar refractivity (Wildman–Crippen MR) is 146 cm³/mol. The SMILES string of the molecule is O=C1N/C(=C/c2cc(Cl)c(OCc3ccc4ccccc4c3)c(Cl)c2)C(=O)N1Cc1ccc(Br)cc1. The van der Waals surface area contributed by atoms with Gasteiger partial charge in [-0.05, 0) is 63.9 Å². The maximum atomic E-state index is 12.9. The predicted octanol–water partition coefficient (Wildman–Crippen LogP) is 7.58. The van der Waals surface area contributed by atoms with Crippen LogP contribution in [0.5, 0.6) is 5.75 Å². The number of ether oxygens (including phenoxy) is 1. The molecule has 0 atom stereocenters. The first-order valence-electron chi connectivity index (χ1n) is 11.1. The fourth-order valence-electron chi connectivity index (χ4n) is 3.94. The molecule has 1 aliphatic rings. The highest BCUT2D eigenvalue weighted by atomic mass is 79.9. The molecular formula is C28H19BrCl2N2O3. The Balaban J connectivity index is 1.31. The van der Waals surface area contributed by atoms with Crippen molar-refractivity contribution < 1.29 is 14.3 Å². The Kier molecular flexibility index (Phi) is 7.01. The number of fused-ring (bicyclic) bond motifs is 1. The van der Waals surface area contributed by atoms with Gasteiger partial charge < -0.3 is 10.1 Å². The third-order valence-electron chi connectivity index (χ3n) is 5.74. The number of amides is 3. The normalized spacial score (nSPS) is 14.5. The number of halogens is 3. The third kappa shape index (κ3) is 5.26. The van der Waals surface area contributed by atoms with Gasteiger partial charge in [0, 0.05) is 4.47 Å². The lowest BCUT2D eigenvalue weighted by atomic mass is 10.1. The maximum Gasteiger partial charge on any atom is 0.329 e. The molecule has 0 saturated carbocycles. The van der Waals surface area contributed by atoms with Crippen LogP contribution in [0.15, 0.2) is 89.0 Å². The van der Waals surface area contributed by atoms with Crippen LogP contribution >= 0.6 is 39.1 Å². The van der Waals surface area contributed by atoms with Crippen LogP contribution in [0.25, 0.3) is 16.8 Å². The van der Waals surface area contributed by atoms with Crippen molar-refractivity contribution in [2.24, 2.45) is 0 Å². The summed E-state index contributed by atoms with van der Waals surface area (Å²) in [7, 11) is 0. The van der Waals surface area contributed by atoms with E-state index in [1.807, 2.05) is 54.6 Å². The lowest BCUT2D eigenvalue weighted by Crippen LogP contribution is -2.30. The summed E-state index contributed by atoms with van der Waals surface area (Å²) >= 11 is 16.3. The highest BCUT2D eigenvalue weighted by Gasteiger charge is 2.33. The van der Waals surface area contributed by atoms with Crippen LogP contribution in [-0.4, -0.2) is 16.8 Å². The van der Waals surface area contributed by atoms with Crippen molar-refractivity contribution in [2.45, 2.75) is 13.2 Å². The van der Waals surface area contributed by atoms with E-state index in [4.69, 9.17) is 27.9 Å². The fraction of sp³-hybridized carbons (Fsp3) is 0.0714. The number of hydrogen-bond acceptors (Lipinski definition) is 3. The number of rotatable bonds is 6. The van der Waals surface area contributed by atoms with Crippen molar-refractivity contribution in [3.05, 3.63) is 116 Å². The Morgan fingerprint density at radius 3 is 2.25 bits per heavy atom. The van der Waals surface area contributed by atoms with E-state index >= 15 is 0 Å². The van der Waals surface area contributed by atoms with E-state index in [0.29, 0.717) is 28.0 Å². The summed E-state index contributed by atoms with van der Waals surface area (Å²) in [4.78, 5) is 26.4. The zero-order valence-electron chi connectivity index (χ0n) is 18.8. The Morgan fingerprint density at radius 2 is 1.53 bits per heavy atom. The maximum absolute atomic E-state index is 12.9. The van der Waals surface area contributed by atoms with Crippen LogP contribution in [-0.2, 0) is 17.9 Å². The van der Waals surface area contributed by atoms with Crippen LogP contribution < -0.4 is 10.1 Å². The molecule has 0 aromatic heterocycles. The number of benzene rings is 4. The Bertz CT molecular complexity index is 1500. The van der Waals surface area contributed by atoms with Gasteiger partial charge in [0.15, 0.2) is 5.75 Å². The minimum absolute atomic E-state index is 0.147. The fourth-order valence-corrected chi connectivity index (χ4v) is 4.82. The molecule has 4 aromatic carbocycles. The summed E-state index contributed by atoms with van der Waals surface area (Å²) < 4.78 is 6.84. The molecule has 3 amide bonds. The average molecular weight is 582 g/mol. The van der Waals surface area contributed by atoms with Crippen molar-refractivity contribution >= 4 is 67.9 Å². The molecule has 1 N–H and O–H groups in total. The second kappa shape index (κ2) is 10.3. The van der Waals surface area contributed by atoms with E-state index in [-0.39, 0.29) is 12.2 Å². The molecular weight excluding hydrogens is 563 g/mol. The minimum Gasteiger partial charge on any atom is -0.486 e. The summed E-state index contributed by atoms with van der Waals surface area (Å²) in [6.45, 7) is 0.461. The highest BCUT2D eigenvalue weighted by Crippen LogP contribution is 2.36. The smallest absolute Gasteiger partial charge is 0.329 e. The van der Waals surface area contributed by atoms with E-state index in [2.05, 4.69) is 33.4 Å². The van der Waals surface area contributed by atoms with Gasteiger partial charge in [-0.3, -0.25) is 9.69 Å². The molecule has 0 aliphatic carbocycles. The Labute approximate surface area is 226 Å². The van der Waals surface area contributed by atoms with Gasteiger partial charge in [-0.15, -0.1) is 0 Å². The summed E-state index contributed by atoms with van der Waals surface area (Å²) in [5.41, 5.74) is 2.53. The van der Waals surface area contributed by atoms with Gasteiger partial charge in [-0.2, -0.15) is 0 Å². The van der Waals surface area contributed by atoms with Crippen LogP contribution in [0.3, 0.4) is 0 Å². The Morgan fingerprint density at radius 1 is 0.861 bits per heavy atom. The summed E-state index contributed by atoms with van der Waals surface area (Å²) in [5.74, 6) is -0.0703. The molecule has 4 aromatic rings. The number of nitrogens with one attached hydrogen (secondary N) is 1. The molecule has 1 fully saturated rings. The van der Waals surface area contributed by atoms with Gasteiger partial charge in [0.1, 0.15) is 12.3 Å². The number of nitrogens with zero attached hydrogens (tertiary/aromatic N) is 1. The zero-order valence-corrected chi connectivity index (χ0v) is 21.9. The van der Waals surface area contributed by atoms with Gasteiger partial charge in [0.2, 0.25) is 0 Å². The number of urea groups is 1. The largest absolute Gasteiger partial charge is 0.486 e. The molecule has 1 aliphatic heterocycles. The van der Waals surface area contributed by atoms with Crippen molar-refractivity contribution in [1.29, 1.82) is 0 Å². The molecule has 1 heterocycles. The number of carbonyl (C=O) groups is 2. The molecule has 5 rings (SSSR count). The van der Waals surface area contributed by atoms with Gasteiger partial charge in [-0.1, -0.05) is 87.7 Å². The molecule has 5 nitrogen and oxygen atoms in total. The van der Waals surface area contributed by atoms with Crippen molar-refractivity contribution in [3.63, 3.8) is 0 Å². The van der Waals surface area contributed by atoms with Crippen molar-refractivity contribution in [3.8, 4) is 5.75 Å². The molecule has 0 spiro atoms. The van der Waals surface area contributed by atoms with E-state index in [9.17, 15) is 9.59 Å². The van der Waals surface area contributed by atoms with Gasteiger partial charge in [0.05, 0.1) is 16.6 Å². The van der Waals surface area contributed by atoms with E-state index < -0.39 is 11.9 Å². The molecule has 1 saturated heterocycles. The number of carbonyl (C=O) groups excluding carboxylic acids is 2. The molecule has 8 heteroatoms. The monoisotopic (exact) mass is 580 g/mol. The summed E-state index contributed by atoms with van der Waals surface area (Å²) in [6.07, 6.45) is 1.55. The van der Waals surface area contributed by atoms with Crippen molar-refractivity contribution in [2.75, 3.05) is 0 Å². The van der Waals surface area contributed by atoms with Crippen LogP contribution in [0.2, 0.25) is 10.0 Å². The first kappa shape index (κ1) is 24.4. The van der Waals surface area contributed by atoms with Gasteiger partial charge >= 0.3 is 6.03 Å². The average Bonchev–Trinajstić information content (AvgIpc) is 3.12. The molecule has 36 heavy (non-hydrogen) atoms. The quantitative estimate of drug-likeness (QED) is 0.188. The topological polar surface area (TPSA) is 58.6 Å². The highest BCUT2D eigenvalue weighted by molar-refractivity contribution is 9.10. The number of hydrogen-bond donors (Lipinski definition) is 1. The van der Waals surface area contributed by atoms with E-state index in [1.54, 1.807) is 18.2 Å².